The van der Waals surface area contributed by atoms with Crippen molar-refractivity contribution in [3.63, 3.8) is 0 Å². The summed E-state index contributed by atoms with van der Waals surface area (Å²) in [5, 5.41) is 7.77. The zero-order valence-corrected chi connectivity index (χ0v) is 14.3. The minimum absolute atomic E-state index is 0.00868. The van der Waals surface area contributed by atoms with E-state index in [4.69, 9.17) is 0 Å². The van der Waals surface area contributed by atoms with E-state index in [0.717, 1.165) is 12.1 Å². The van der Waals surface area contributed by atoms with Crippen LogP contribution in [0.5, 0.6) is 0 Å². The fourth-order valence-corrected chi connectivity index (χ4v) is 3.30. The third-order valence-corrected chi connectivity index (χ3v) is 4.81. The Hall–Kier alpha value is -2.82. The summed E-state index contributed by atoms with van der Waals surface area (Å²) in [6, 6.07) is 4.87. The lowest BCUT2D eigenvalue weighted by Crippen LogP contribution is -2.12. The van der Waals surface area contributed by atoms with Crippen LogP contribution in [0, 0.1) is 0 Å². The van der Waals surface area contributed by atoms with E-state index in [9.17, 15) is 21.6 Å². The molecule has 1 aromatic carbocycles. The molecule has 0 atom stereocenters. The van der Waals surface area contributed by atoms with E-state index in [1.165, 1.54) is 46.3 Å². The summed E-state index contributed by atoms with van der Waals surface area (Å²) in [7, 11) is -2.22. The van der Waals surface area contributed by atoms with Crippen molar-refractivity contribution in [1.29, 1.82) is 0 Å². The molecule has 138 valence electrons. The smallest absolute Gasteiger partial charge is 0.276 e. The average molecular weight is 385 g/mol. The second kappa shape index (κ2) is 6.48. The molecule has 0 amide bonds. The van der Waals surface area contributed by atoms with Gasteiger partial charge in [-0.1, -0.05) is 12.1 Å². The molecule has 0 aliphatic heterocycles. The molecule has 0 unspecified atom stereocenters. The molecule has 0 saturated heterocycles. The van der Waals surface area contributed by atoms with Crippen molar-refractivity contribution in [1.82, 2.24) is 19.6 Å². The largest absolute Gasteiger partial charge is 0.416 e. The predicted molar refractivity (Wildman–Crippen MR) is 86.8 cm³/mol. The molecular weight excluding hydrogens is 371 g/mol. The minimum atomic E-state index is -4.43. The van der Waals surface area contributed by atoms with E-state index in [0.29, 0.717) is 5.56 Å². The van der Waals surface area contributed by atoms with Gasteiger partial charge in [-0.3, -0.25) is 14.1 Å². The van der Waals surface area contributed by atoms with E-state index >= 15 is 0 Å². The highest BCUT2D eigenvalue weighted by molar-refractivity contribution is 7.92. The van der Waals surface area contributed by atoms with Crippen LogP contribution >= 0.6 is 0 Å². The van der Waals surface area contributed by atoms with Crippen LogP contribution in [0.1, 0.15) is 11.1 Å². The van der Waals surface area contributed by atoms with Gasteiger partial charge in [0.1, 0.15) is 4.90 Å². The standard InChI is InChI=1S/C15H14F3N5O2S/c1-22-10-14(7-19-22)26(24,25)21-13-6-20-23(9-13)8-11-3-2-4-12(5-11)15(16,17)18/h2-7,9-10,21H,8H2,1H3. The van der Waals surface area contributed by atoms with E-state index in [1.54, 1.807) is 7.05 Å². The summed E-state index contributed by atoms with van der Waals surface area (Å²) in [6.45, 7) is 0.0680. The summed E-state index contributed by atoms with van der Waals surface area (Å²) in [4.78, 5) is -0.00868. The Kier molecular flexibility index (Phi) is 4.48. The molecule has 0 aliphatic rings. The van der Waals surface area contributed by atoms with Crippen LogP contribution in [0.4, 0.5) is 18.9 Å². The maximum Gasteiger partial charge on any atom is 0.416 e. The molecule has 0 spiro atoms. The van der Waals surface area contributed by atoms with E-state index < -0.39 is 21.8 Å². The van der Waals surface area contributed by atoms with Crippen LogP contribution in [0.15, 0.2) is 53.9 Å². The number of halogens is 3. The fourth-order valence-electron chi connectivity index (χ4n) is 2.29. The molecule has 26 heavy (non-hydrogen) atoms. The Bertz CT molecular complexity index is 1020. The normalized spacial score (nSPS) is 12.3. The van der Waals surface area contributed by atoms with Gasteiger partial charge < -0.3 is 0 Å². The molecular formula is C15H14F3N5O2S. The van der Waals surface area contributed by atoms with Crippen LogP contribution in [-0.2, 0) is 29.8 Å². The molecule has 0 aliphatic carbocycles. The number of rotatable bonds is 5. The molecule has 0 saturated carbocycles. The third-order valence-electron chi connectivity index (χ3n) is 3.48. The van der Waals surface area contributed by atoms with Gasteiger partial charge in [0.25, 0.3) is 10.0 Å². The molecule has 2 heterocycles. The van der Waals surface area contributed by atoms with Crippen molar-refractivity contribution in [2.45, 2.75) is 17.6 Å². The number of hydrogen-bond acceptors (Lipinski definition) is 4. The van der Waals surface area contributed by atoms with Gasteiger partial charge in [0.05, 0.1) is 30.2 Å². The van der Waals surface area contributed by atoms with Crippen molar-refractivity contribution >= 4 is 15.7 Å². The number of anilines is 1. The molecule has 0 bridgehead atoms. The average Bonchev–Trinajstić information content (AvgIpc) is 3.16. The van der Waals surface area contributed by atoms with E-state index in [-0.39, 0.29) is 17.1 Å². The Labute approximate surface area is 147 Å². The number of hydrogen-bond donors (Lipinski definition) is 1. The Morgan fingerprint density at radius 2 is 1.92 bits per heavy atom. The topological polar surface area (TPSA) is 81.8 Å². The number of sulfonamides is 1. The van der Waals surface area contributed by atoms with Crippen LogP contribution < -0.4 is 4.72 Å². The molecule has 11 heteroatoms. The van der Waals surface area contributed by atoms with Crippen LogP contribution in [0.25, 0.3) is 0 Å². The number of alkyl halides is 3. The van der Waals surface area contributed by atoms with Gasteiger partial charge in [-0.2, -0.15) is 23.4 Å². The van der Waals surface area contributed by atoms with Crippen LogP contribution in [-0.4, -0.2) is 28.0 Å². The van der Waals surface area contributed by atoms with Gasteiger partial charge >= 0.3 is 6.18 Å². The lowest BCUT2D eigenvalue weighted by atomic mass is 10.1. The van der Waals surface area contributed by atoms with Crippen LogP contribution in [0.3, 0.4) is 0 Å². The van der Waals surface area contributed by atoms with Crippen LogP contribution in [0.2, 0.25) is 0 Å². The van der Waals surface area contributed by atoms with Crippen molar-refractivity contribution in [2.24, 2.45) is 7.05 Å². The number of nitrogens with zero attached hydrogens (tertiary/aromatic N) is 4. The maximum atomic E-state index is 12.8. The SMILES string of the molecule is Cn1cc(S(=O)(=O)Nc2cnn(Cc3cccc(C(F)(F)F)c3)c2)cn1. The quantitative estimate of drug-likeness (QED) is 0.732. The zero-order valence-electron chi connectivity index (χ0n) is 13.5. The van der Waals surface area contributed by atoms with Gasteiger partial charge in [-0.15, -0.1) is 0 Å². The predicted octanol–water partition coefficient (Wildman–Crippen LogP) is 2.48. The van der Waals surface area contributed by atoms with Crippen molar-refractivity contribution < 1.29 is 21.6 Å². The van der Waals surface area contributed by atoms with Gasteiger partial charge in [0.15, 0.2) is 0 Å². The molecule has 0 radical (unpaired) electrons. The maximum absolute atomic E-state index is 12.8. The van der Waals surface area contributed by atoms with Gasteiger partial charge in [-0.05, 0) is 17.7 Å². The third kappa shape index (κ3) is 4.04. The van der Waals surface area contributed by atoms with E-state index in [2.05, 4.69) is 14.9 Å². The first-order valence-corrected chi connectivity index (χ1v) is 8.82. The Balaban J connectivity index is 1.75. The highest BCUT2D eigenvalue weighted by Gasteiger charge is 2.30. The molecule has 2 aromatic heterocycles. The highest BCUT2D eigenvalue weighted by atomic mass is 32.2. The van der Waals surface area contributed by atoms with Gasteiger partial charge in [0.2, 0.25) is 0 Å². The summed E-state index contributed by atoms with van der Waals surface area (Å²) in [6.07, 6.45) is 0.797. The first-order chi connectivity index (χ1) is 12.1. The second-order valence-electron chi connectivity index (χ2n) is 5.58. The zero-order chi connectivity index (χ0) is 18.9. The van der Waals surface area contributed by atoms with E-state index in [1.807, 2.05) is 0 Å². The summed E-state index contributed by atoms with van der Waals surface area (Å²) >= 11 is 0. The number of benzene rings is 1. The van der Waals surface area contributed by atoms with Crippen molar-refractivity contribution in [3.8, 4) is 0 Å². The lowest BCUT2D eigenvalue weighted by molar-refractivity contribution is -0.137. The summed E-state index contributed by atoms with van der Waals surface area (Å²) < 4.78 is 67.7. The number of aryl methyl sites for hydroxylation is 1. The number of nitrogens with one attached hydrogen (secondary N) is 1. The molecule has 3 rings (SSSR count). The van der Waals surface area contributed by atoms with Crippen molar-refractivity contribution in [2.75, 3.05) is 4.72 Å². The monoisotopic (exact) mass is 385 g/mol. The summed E-state index contributed by atoms with van der Waals surface area (Å²) in [5.74, 6) is 0. The number of aromatic nitrogens is 4. The fraction of sp³-hybridized carbons (Fsp3) is 0.200. The molecule has 3 aromatic rings. The Morgan fingerprint density at radius 3 is 2.58 bits per heavy atom. The minimum Gasteiger partial charge on any atom is -0.276 e. The molecule has 0 fully saturated rings. The second-order valence-corrected chi connectivity index (χ2v) is 7.26. The Morgan fingerprint density at radius 1 is 1.15 bits per heavy atom. The van der Waals surface area contributed by atoms with Gasteiger partial charge in [-0.25, -0.2) is 8.42 Å². The first-order valence-electron chi connectivity index (χ1n) is 7.33. The molecule has 7 nitrogen and oxygen atoms in total. The van der Waals surface area contributed by atoms with Gasteiger partial charge in [0, 0.05) is 19.4 Å². The summed E-state index contributed by atoms with van der Waals surface area (Å²) in [5.41, 5.74) is -0.162. The first kappa shape index (κ1) is 18.0. The highest BCUT2D eigenvalue weighted by Crippen LogP contribution is 2.29. The van der Waals surface area contributed by atoms with Crippen molar-refractivity contribution in [3.05, 3.63) is 60.2 Å². The molecule has 1 N–H and O–H groups in total. The lowest BCUT2D eigenvalue weighted by Gasteiger charge is -2.08.